The Hall–Kier alpha value is -1.53. The van der Waals surface area contributed by atoms with Crippen molar-refractivity contribution in [2.75, 3.05) is 44.2 Å². The van der Waals surface area contributed by atoms with Crippen LogP contribution in [0.25, 0.3) is 0 Å². The van der Waals surface area contributed by atoms with Crippen LogP contribution in [-0.4, -0.2) is 55.4 Å². The Kier molecular flexibility index (Phi) is 11.1. The monoisotopic (exact) mass is 484 g/mol. The van der Waals surface area contributed by atoms with Crippen LogP contribution in [0.3, 0.4) is 0 Å². The first kappa shape index (κ1) is 26.7. The molecule has 0 spiro atoms. The molecule has 4 nitrogen and oxygen atoms in total. The summed E-state index contributed by atoms with van der Waals surface area (Å²) in [5.41, 5.74) is 2.08. The van der Waals surface area contributed by atoms with E-state index in [2.05, 4.69) is 21.9 Å². The number of aliphatic hydroxyl groups excluding tert-OH is 1. The SMILES string of the molecule is Cl.Cl.OC(COc1ccc(C2CCCCC2)cc1)CN1CCN(c2ccccc2F)CC1. The molecule has 0 aromatic heterocycles. The molecule has 1 aliphatic carbocycles. The van der Waals surface area contributed by atoms with Gasteiger partial charge in [-0.3, -0.25) is 4.90 Å². The van der Waals surface area contributed by atoms with Crippen LogP contribution in [0, 0.1) is 5.82 Å². The summed E-state index contributed by atoms with van der Waals surface area (Å²) in [7, 11) is 0. The summed E-state index contributed by atoms with van der Waals surface area (Å²) in [6, 6.07) is 15.3. The smallest absolute Gasteiger partial charge is 0.146 e. The maximum absolute atomic E-state index is 14.0. The largest absolute Gasteiger partial charge is 0.491 e. The standard InChI is InChI=1S/C25H33FN2O2.2ClH/c26-24-8-4-5-9-25(24)28-16-14-27(15-17-28)18-22(29)19-30-23-12-10-21(11-13-23)20-6-2-1-3-7-20;;/h4-5,8-13,20,22,29H,1-3,6-7,14-19H2;2*1H. The molecule has 1 N–H and O–H groups in total. The normalized spacial score (nSPS) is 18.4. The Morgan fingerprint density at radius 2 is 1.56 bits per heavy atom. The molecule has 2 aliphatic rings. The van der Waals surface area contributed by atoms with Gasteiger partial charge in [-0.15, -0.1) is 24.8 Å². The van der Waals surface area contributed by atoms with E-state index >= 15 is 0 Å². The topological polar surface area (TPSA) is 35.9 Å². The minimum absolute atomic E-state index is 0. The number of hydrogen-bond acceptors (Lipinski definition) is 4. The third-order valence-corrected chi connectivity index (χ3v) is 6.43. The molecule has 1 heterocycles. The highest BCUT2D eigenvalue weighted by Gasteiger charge is 2.21. The number of β-amino-alcohol motifs (C(OH)–C–C–N with tert-alkyl or cyclic N) is 1. The van der Waals surface area contributed by atoms with Gasteiger partial charge in [-0.05, 0) is 48.6 Å². The number of rotatable bonds is 7. The van der Waals surface area contributed by atoms with E-state index in [0.29, 0.717) is 18.2 Å². The summed E-state index contributed by atoms with van der Waals surface area (Å²) < 4.78 is 19.8. The van der Waals surface area contributed by atoms with E-state index in [9.17, 15) is 9.50 Å². The Morgan fingerprint density at radius 3 is 2.22 bits per heavy atom. The lowest BCUT2D eigenvalue weighted by atomic mass is 9.84. The molecule has 178 valence electrons. The second-order valence-corrected chi connectivity index (χ2v) is 8.61. The van der Waals surface area contributed by atoms with Gasteiger partial charge >= 0.3 is 0 Å². The van der Waals surface area contributed by atoms with Gasteiger partial charge in [-0.2, -0.15) is 0 Å². The Labute approximate surface area is 203 Å². The molecular formula is C25H35Cl2FN2O2. The van der Waals surface area contributed by atoms with Crippen LogP contribution in [0.15, 0.2) is 48.5 Å². The predicted molar refractivity (Wildman–Crippen MR) is 133 cm³/mol. The van der Waals surface area contributed by atoms with Crippen LogP contribution in [0.5, 0.6) is 5.75 Å². The van der Waals surface area contributed by atoms with E-state index in [4.69, 9.17) is 4.74 Å². The van der Waals surface area contributed by atoms with Crippen LogP contribution in [-0.2, 0) is 0 Å². The molecule has 1 saturated heterocycles. The van der Waals surface area contributed by atoms with Gasteiger partial charge in [0, 0.05) is 32.7 Å². The zero-order valence-corrected chi connectivity index (χ0v) is 20.1. The summed E-state index contributed by atoms with van der Waals surface area (Å²) >= 11 is 0. The average Bonchev–Trinajstić information content (AvgIpc) is 2.80. The quantitative estimate of drug-likeness (QED) is 0.579. The molecule has 0 amide bonds. The van der Waals surface area contributed by atoms with Crippen LogP contribution in [0.1, 0.15) is 43.6 Å². The number of hydrogen-bond donors (Lipinski definition) is 1. The summed E-state index contributed by atoms with van der Waals surface area (Å²) in [6.07, 6.45) is 6.09. The van der Waals surface area contributed by atoms with Crippen molar-refractivity contribution in [3.63, 3.8) is 0 Å². The molecule has 2 aromatic carbocycles. The van der Waals surface area contributed by atoms with Crippen molar-refractivity contribution in [3.8, 4) is 5.75 Å². The lowest BCUT2D eigenvalue weighted by Gasteiger charge is -2.36. The van der Waals surface area contributed by atoms with Gasteiger partial charge < -0.3 is 14.7 Å². The van der Waals surface area contributed by atoms with Crippen molar-refractivity contribution in [3.05, 3.63) is 59.9 Å². The van der Waals surface area contributed by atoms with Crippen molar-refractivity contribution in [1.29, 1.82) is 0 Å². The van der Waals surface area contributed by atoms with Crippen LogP contribution in [0.2, 0.25) is 0 Å². The molecule has 4 rings (SSSR count). The number of nitrogens with zero attached hydrogens (tertiary/aromatic N) is 2. The molecule has 1 unspecified atom stereocenters. The molecule has 1 saturated carbocycles. The van der Waals surface area contributed by atoms with E-state index in [1.54, 1.807) is 6.07 Å². The third kappa shape index (κ3) is 7.24. The minimum atomic E-state index is -0.539. The molecule has 0 bridgehead atoms. The second kappa shape index (κ2) is 13.2. The fourth-order valence-corrected chi connectivity index (χ4v) is 4.69. The van der Waals surface area contributed by atoms with E-state index in [-0.39, 0.29) is 37.2 Å². The van der Waals surface area contributed by atoms with Crippen molar-refractivity contribution in [2.45, 2.75) is 44.1 Å². The number of para-hydroxylation sites is 1. The van der Waals surface area contributed by atoms with Crippen molar-refractivity contribution in [1.82, 2.24) is 4.90 Å². The summed E-state index contributed by atoms with van der Waals surface area (Å²) in [5.74, 6) is 1.34. The molecule has 1 atom stereocenters. The Morgan fingerprint density at radius 1 is 0.906 bits per heavy atom. The summed E-state index contributed by atoms with van der Waals surface area (Å²) in [5, 5.41) is 10.4. The van der Waals surface area contributed by atoms with Crippen LogP contribution >= 0.6 is 24.8 Å². The number of ether oxygens (including phenoxy) is 1. The van der Waals surface area contributed by atoms with E-state index in [1.807, 2.05) is 24.3 Å². The van der Waals surface area contributed by atoms with Gasteiger partial charge in [0.05, 0.1) is 5.69 Å². The van der Waals surface area contributed by atoms with Crippen LogP contribution < -0.4 is 9.64 Å². The Balaban J connectivity index is 0.00000181. The predicted octanol–water partition coefficient (Wildman–Crippen LogP) is 5.28. The number of anilines is 1. The van der Waals surface area contributed by atoms with E-state index < -0.39 is 6.10 Å². The number of halogens is 3. The number of benzene rings is 2. The maximum Gasteiger partial charge on any atom is 0.146 e. The molecule has 0 radical (unpaired) electrons. The fraction of sp³-hybridized carbons (Fsp3) is 0.520. The number of aliphatic hydroxyl groups is 1. The molecule has 1 aliphatic heterocycles. The maximum atomic E-state index is 14.0. The lowest BCUT2D eigenvalue weighted by Crippen LogP contribution is -2.49. The van der Waals surface area contributed by atoms with Gasteiger partial charge in [0.1, 0.15) is 24.3 Å². The molecule has 2 fully saturated rings. The molecule has 7 heteroatoms. The zero-order chi connectivity index (χ0) is 20.8. The first-order chi connectivity index (χ1) is 14.7. The minimum Gasteiger partial charge on any atom is -0.491 e. The van der Waals surface area contributed by atoms with Gasteiger partial charge in [0.2, 0.25) is 0 Å². The highest BCUT2D eigenvalue weighted by Crippen LogP contribution is 2.33. The van der Waals surface area contributed by atoms with E-state index in [0.717, 1.165) is 31.9 Å². The third-order valence-electron chi connectivity index (χ3n) is 6.43. The van der Waals surface area contributed by atoms with Gasteiger partial charge in [0.25, 0.3) is 0 Å². The lowest BCUT2D eigenvalue weighted by molar-refractivity contribution is 0.0662. The molecular weight excluding hydrogens is 450 g/mol. The fourth-order valence-electron chi connectivity index (χ4n) is 4.69. The first-order valence-corrected chi connectivity index (χ1v) is 11.3. The van der Waals surface area contributed by atoms with Gasteiger partial charge in [0.15, 0.2) is 0 Å². The zero-order valence-electron chi connectivity index (χ0n) is 18.5. The molecule has 32 heavy (non-hydrogen) atoms. The summed E-state index contributed by atoms with van der Waals surface area (Å²) in [6.45, 7) is 4.00. The van der Waals surface area contributed by atoms with Crippen molar-refractivity contribution in [2.24, 2.45) is 0 Å². The van der Waals surface area contributed by atoms with Gasteiger partial charge in [-0.1, -0.05) is 43.5 Å². The van der Waals surface area contributed by atoms with Crippen molar-refractivity contribution >= 4 is 30.5 Å². The summed E-state index contributed by atoms with van der Waals surface area (Å²) in [4.78, 5) is 4.29. The highest BCUT2D eigenvalue weighted by atomic mass is 35.5. The number of piperazine rings is 1. The second-order valence-electron chi connectivity index (χ2n) is 8.61. The average molecular weight is 485 g/mol. The van der Waals surface area contributed by atoms with Crippen LogP contribution in [0.4, 0.5) is 10.1 Å². The first-order valence-electron chi connectivity index (χ1n) is 11.3. The van der Waals surface area contributed by atoms with Gasteiger partial charge in [-0.25, -0.2) is 4.39 Å². The Bertz CT molecular complexity index is 795. The van der Waals surface area contributed by atoms with Crippen molar-refractivity contribution < 1.29 is 14.2 Å². The highest BCUT2D eigenvalue weighted by molar-refractivity contribution is 5.85. The van der Waals surface area contributed by atoms with E-state index in [1.165, 1.54) is 43.7 Å². The molecule has 2 aromatic rings.